The largest absolute Gasteiger partial charge is 0.481 e. The maximum Gasteiger partial charge on any atom is 0.359 e. The van der Waals surface area contributed by atoms with E-state index in [2.05, 4.69) is 5.10 Å². The van der Waals surface area contributed by atoms with Crippen molar-refractivity contribution >= 4 is 29.2 Å². The lowest BCUT2D eigenvalue weighted by molar-refractivity contribution is -0.153. The summed E-state index contributed by atoms with van der Waals surface area (Å²) >= 11 is 0. The van der Waals surface area contributed by atoms with E-state index in [1.807, 2.05) is 0 Å². The number of carbonyl (C=O) groups is 3. The highest BCUT2D eigenvalue weighted by atomic mass is 16.6. The van der Waals surface area contributed by atoms with Crippen LogP contribution in [0.4, 0.5) is 5.69 Å². The normalized spacial score (nSPS) is 23.3. The molecule has 2 aliphatic rings. The van der Waals surface area contributed by atoms with Crippen molar-refractivity contribution in [2.45, 2.75) is 18.4 Å². The van der Waals surface area contributed by atoms with E-state index in [1.165, 1.54) is 12.1 Å². The Balaban J connectivity index is 2.09. The van der Waals surface area contributed by atoms with Crippen LogP contribution in [0.25, 0.3) is 0 Å². The molecule has 3 rings (SSSR count). The van der Waals surface area contributed by atoms with E-state index < -0.39 is 23.4 Å². The van der Waals surface area contributed by atoms with Crippen molar-refractivity contribution < 1.29 is 29.3 Å². The maximum atomic E-state index is 12.3. The molecule has 1 amide bonds. The van der Waals surface area contributed by atoms with Crippen LogP contribution in [0, 0.1) is 0 Å². The van der Waals surface area contributed by atoms with E-state index in [4.69, 9.17) is 9.84 Å². The van der Waals surface area contributed by atoms with Gasteiger partial charge in [-0.1, -0.05) is 12.1 Å². The number of aliphatic hydroxyl groups is 1. The van der Waals surface area contributed by atoms with Crippen LogP contribution in [0.1, 0.15) is 12.8 Å². The molecule has 0 radical (unpaired) electrons. The highest BCUT2D eigenvalue weighted by Gasteiger charge is 2.59. The Kier molecular flexibility index (Phi) is 2.77. The van der Waals surface area contributed by atoms with Crippen LogP contribution < -0.4 is 9.75 Å². The molecule has 108 valence electrons. The predicted molar refractivity (Wildman–Crippen MR) is 68.8 cm³/mol. The van der Waals surface area contributed by atoms with Crippen LogP contribution >= 0.6 is 0 Å². The summed E-state index contributed by atoms with van der Waals surface area (Å²) in [5, 5.41) is 23.9. The Morgan fingerprint density at radius 3 is 2.76 bits per heavy atom. The fraction of sp³-hybridized carbons (Fsp3) is 0.231. The molecule has 2 heterocycles. The van der Waals surface area contributed by atoms with Crippen molar-refractivity contribution in [3.8, 4) is 5.75 Å². The Labute approximate surface area is 118 Å². The van der Waals surface area contributed by atoms with Crippen molar-refractivity contribution in [1.29, 1.82) is 0 Å². The van der Waals surface area contributed by atoms with E-state index in [0.717, 1.165) is 5.01 Å². The molecule has 0 aromatic heterocycles. The molecule has 0 spiro atoms. The number of ether oxygens (including phenoxy) is 1. The third-order valence-electron chi connectivity index (χ3n) is 3.31. The number of anilines is 1. The standard InChI is InChI=1S/C13H10N2O6/c16-10(17)6-5-9-13(20)11(18)15(14-9)7-3-1-2-4-8(7)21-12(13)19/h1-4,20H,5-6H2,(H,16,17). The second-order valence-corrected chi connectivity index (χ2v) is 4.63. The van der Waals surface area contributed by atoms with Gasteiger partial charge in [0.1, 0.15) is 5.69 Å². The van der Waals surface area contributed by atoms with Gasteiger partial charge in [0, 0.05) is 6.42 Å². The molecule has 21 heavy (non-hydrogen) atoms. The van der Waals surface area contributed by atoms with E-state index >= 15 is 0 Å². The van der Waals surface area contributed by atoms with E-state index in [1.54, 1.807) is 12.1 Å². The smallest absolute Gasteiger partial charge is 0.359 e. The average Bonchev–Trinajstić information content (AvgIpc) is 2.66. The third-order valence-corrected chi connectivity index (χ3v) is 3.31. The van der Waals surface area contributed by atoms with Gasteiger partial charge in [-0.05, 0) is 12.1 Å². The zero-order valence-corrected chi connectivity index (χ0v) is 10.6. The highest BCUT2D eigenvalue weighted by Crippen LogP contribution is 2.38. The molecule has 0 saturated carbocycles. The van der Waals surface area contributed by atoms with Crippen molar-refractivity contribution in [2.24, 2.45) is 5.10 Å². The molecule has 0 saturated heterocycles. The maximum absolute atomic E-state index is 12.3. The molecular weight excluding hydrogens is 280 g/mol. The summed E-state index contributed by atoms with van der Waals surface area (Å²) < 4.78 is 5.02. The van der Waals surface area contributed by atoms with E-state index in [0.29, 0.717) is 0 Å². The lowest BCUT2D eigenvalue weighted by atomic mass is 9.94. The third kappa shape index (κ3) is 1.80. The van der Waals surface area contributed by atoms with E-state index in [-0.39, 0.29) is 30.0 Å². The second kappa shape index (κ2) is 4.38. The number of nitrogens with zero attached hydrogens (tertiary/aromatic N) is 2. The van der Waals surface area contributed by atoms with Crippen LogP contribution in [0.5, 0.6) is 5.75 Å². The SMILES string of the molecule is O=C(O)CCC1=NN2C(=O)C1(O)C(=O)Oc1ccccc12. The van der Waals surface area contributed by atoms with Gasteiger partial charge in [-0.25, -0.2) is 4.79 Å². The molecule has 2 N–H and O–H groups in total. The summed E-state index contributed by atoms with van der Waals surface area (Å²) in [6, 6.07) is 6.21. The topological polar surface area (TPSA) is 117 Å². The van der Waals surface area contributed by atoms with Gasteiger partial charge in [0.2, 0.25) is 0 Å². The Morgan fingerprint density at radius 2 is 2.05 bits per heavy atom. The molecule has 0 aliphatic carbocycles. The molecule has 8 nitrogen and oxygen atoms in total. The quantitative estimate of drug-likeness (QED) is 0.456. The van der Waals surface area contributed by atoms with Gasteiger partial charge in [-0.3, -0.25) is 9.59 Å². The van der Waals surface area contributed by atoms with Crippen molar-refractivity contribution in [1.82, 2.24) is 0 Å². The number of esters is 1. The summed E-state index contributed by atoms with van der Waals surface area (Å²) in [4.78, 5) is 35.0. The first kappa shape index (κ1) is 13.3. The highest BCUT2D eigenvalue weighted by molar-refractivity contribution is 6.35. The summed E-state index contributed by atoms with van der Waals surface area (Å²) in [5.74, 6) is -3.16. The monoisotopic (exact) mass is 290 g/mol. The lowest BCUT2D eigenvalue weighted by Crippen LogP contribution is -2.54. The first-order valence-corrected chi connectivity index (χ1v) is 6.12. The lowest BCUT2D eigenvalue weighted by Gasteiger charge is -2.17. The van der Waals surface area contributed by atoms with Crippen LogP contribution in [0.3, 0.4) is 0 Å². The van der Waals surface area contributed by atoms with Crippen LogP contribution in [-0.4, -0.2) is 39.4 Å². The number of aliphatic carboxylic acids is 1. The van der Waals surface area contributed by atoms with Gasteiger partial charge >= 0.3 is 11.9 Å². The van der Waals surface area contributed by atoms with Crippen molar-refractivity contribution in [3.63, 3.8) is 0 Å². The predicted octanol–water partition coefficient (Wildman–Crippen LogP) is -0.0959. The van der Waals surface area contributed by atoms with Gasteiger partial charge in [0.15, 0.2) is 5.75 Å². The zero-order valence-electron chi connectivity index (χ0n) is 10.6. The number of hydrazone groups is 1. The van der Waals surface area contributed by atoms with E-state index in [9.17, 15) is 19.5 Å². The number of carboxylic acid groups (broad SMARTS) is 1. The minimum atomic E-state index is -2.56. The van der Waals surface area contributed by atoms with Crippen LogP contribution in [-0.2, 0) is 14.4 Å². The molecule has 2 bridgehead atoms. The number of rotatable bonds is 3. The number of carbonyl (C=O) groups excluding carboxylic acids is 2. The molecular formula is C13H10N2O6. The first-order valence-electron chi connectivity index (χ1n) is 6.12. The molecule has 1 aromatic carbocycles. The van der Waals surface area contributed by atoms with Gasteiger partial charge in [0.25, 0.3) is 11.5 Å². The molecule has 8 heteroatoms. The molecule has 1 unspecified atom stereocenters. The number of carboxylic acids is 1. The summed E-state index contributed by atoms with van der Waals surface area (Å²) in [6.45, 7) is 0. The fourth-order valence-electron chi connectivity index (χ4n) is 2.23. The summed E-state index contributed by atoms with van der Waals surface area (Å²) in [6.07, 6.45) is -0.595. The number of benzene rings is 1. The Morgan fingerprint density at radius 1 is 1.33 bits per heavy atom. The minimum Gasteiger partial charge on any atom is -0.481 e. The zero-order chi connectivity index (χ0) is 15.2. The molecule has 1 aromatic rings. The van der Waals surface area contributed by atoms with Crippen molar-refractivity contribution in [2.75, 3.05) is 5.01 Å². The number of hydrogen-bond donors (Lipinski definition) is 2. The van der Waals surface area contributed by atoms with Crippen LogP contribution in [0.2, 0.25) is 0 Å². The Bertz CT molecular complexity index is 698. The van der Waals surface area contributed by atoms with Gasteiger partial charge in [0.05, 0.1) is 12.1 Å². The average molecular weight is 290 g/mol. The Hall–Kier alpha value is -2.74. The summed E-state index contributed by atoms with van der Waals surface area (Å²) in [5.41, 5.74) is -2.57. The number of para-hydroxylation sites is 2. The van der Waals surface area contributed by atoms with Gasteiger partial charge < -0.3 is 14.9 Å². The van der Waals surface area contributed by atoms with Gasteiger partial charge in [-0.2, -0.15) is 10.1 Å². The first-order chi connectivity index (χ1) is 9.94. The number of hydrogen-bond acceptors (Lipinski definition) is 6. The van der Waals surface area contributed by atoms with Crippen molar-refractivity contribution in [3.05, 3.63) is 24.3 Å². The van der Waals surface area contributed by atoms with Crippen LogP contribution in [0.15, 0.2) is 29.4 Å². The fourth-order valence-corrected chi connectivity index (χ4v) is 2.23. The van der Waals surface area contributed by atoms with Gasteiger partial charge in [-0.15, -0.1) is 0 Å². The minimum absolute atomic E-state index is 0.104. The number of fused-ring (bicyclic) bond motifs is 4. The summed E-state index contributed by atoms with van der Waals surface area (Å²) in [7, 11) is 0. The molecule has 2 aliphatic heterocycles. The molecule has 0 fully saturated rings. The second-order valence-electron chi connectivity index (χ2n) is 4.63. The number of amides is 1. The molecule has 1 atom stereocenters.